The Morgan fingerprint density at radius 2 is 1.58 bits per heavy atom. The van der Waals surface area contributed by atoms with E-state index in [1.54, 1.807) is 24.3 Å². The Labute approximate surface area is 242 Å². The molecule has 5 rings (SSSR count). The van der Waals surface area contributed by atoms with Gasteiger partial charge in [-0.1, -0.05) is 12.1 Å². The fourth-order valence-corrected chi connectivity index (χ4v) is 5.35. The lowest BCUT2D eigenvalue weighted by Gasteiger charge is -2.09. The van der Waals surface area contributed by atoms with Crippen molar-refractivity contribution in [2.45, 2.75) is 16.7 Å². The normalized spacial score (nSPS) is 12.4. The van der Waals surface area contributed by atoms with Crippen molar-refractivity contribution in [2.75, 3.05) is 7.11 Å². The van der Waals surface area contributed by atoms with Crippen molar-refractivity contribution in [3.63, 3.8) is 0 Å². The summed E-state index contributed by atoms with van der Waals surface area (Å²) in [6.07, 6.45) is 0. The molecule has 0 saturated heterocycles. The molecule has 2 heterocycles. The molecule has 43 heavy (non-hydrogen) atoms. The molecule has 3 N–H and O–H groups in total. The Hall–Kier alpha value is -5.28. The number of pyridine rings is 1. The summed E-state index contributed by atoms with van der Waals surface area (Å²) in [6, 6.07) is 15.6. The van der Waals surface area contributed by atoms with E-state index in [0.717, 1.165) is 24.3 Å². The number of rotatable bonds is 7. The molecule has 0 saturated carbocycles. The largest absolute Gasteiger partial charge is 0.494 e. The zero-order valence-corrected chi connectivity index (χ0v) is 23.8. The van der Waals surface area contributed by atoms with Crippen molar-refractivity contribution in [3.8, 4) is 11.8 Å². The fourth-order valence-electron chi connectivity index (χ4n) is 4.25. The monoisotopic (exact) mass is 621 g/mol. The molecule has 15 nitrogen and oxygen atoms in total. The summed E-state index contributed by atoms with van der Waals surface area (Å²) in [6.45, 7) is 1.50. The smallest absolute Gasteiger partial charge is 0.296 e. The molecule has 0 unspecified atom stereocenters. The Balaban J connectivity index is 1.62. The van der Waals surface area contributed by atoms with Crippen LogP contribution in [0.5, 0.6) is 5.75 Å². The number of ether oxygens (including phenoxy) is 1. The Morgan fingerprint density at radius 3 is 2.21 bits per heavy atom. The number of aromatic nitrogens is 2. The van der Waals surface area contributed by atoms with E-state index in [1.165, 1.54) is 30.6 Å². The Morgan fingerprint density at radius 1 is 0.907 bits per heavy atom. The Bertz CT molecular complexity index is 2320. The van der Waals surface area contributed by atoms with Gasteiger partial charge in [-0.15, -0.1) is 15.3 Å². The predicted molar refractivity (Wildman–Crippen MR) is 152 cm³/mol. The summed E-state index contributed by atoms with van der Waals surface area (Å²) in [4.78, 5) is 15.4. The topological polar surface area (TPSA) is 228 Å². The molecule has 0 aliphatic rings. The first-order valence-electron chi connectivity index (χ1n) is 12.0. The first-order chi connectivity index (χ1) is 20.3. The van der Waals surface area contributed by atoms with E-state index in [4.69, 9.17) is 9.29 Å². The highest BCUT2D eigenvalue weighted by Crippen LogP contribution is 2.39. The van der Waals surface area contributed by atoms with Crippen LogP contribution >= 0.6 is 0 Å². The molecular formula is C26H19N7O8S2. The van der Waals surface area contributed by atoms with Gasteiger partial charge in [-0.25, -0.2) is 0 Å². The molecule has 3 aromatic carbocycles. The van der Waals surface area contributed by atoms with Gasteiger partial charge in [-0.3, -0.25) is 18.3 Å². The predicted octanol–water partition coefficient (Wildman–Crippen LogP) is 5.29. The highest BCUT2D eigenvalue weighted by Gasteiger charge is 2.22. The zero-order valence-electron chi connectivity index (χ0n) is 22.1. The molecule has 0 radical (unpaired) electrons. The fraction of sp³-hybridized carbons (Fsp3) is 0.0769. The molecule has 5 aromatic rings. The van der Waals surface area contributed by atoms with Crippen molar-refractivity contribution < 1.29 is 30.7 Å². The molecule has 0 spiro atoms. The van der Waals surface area contributed by atoms with E-state index in [0.29, 0.717) is 11.0 Å². The second-order valence-electron chi connectivity index (χ2n) is 8.93. The van der Waals surface area contributed by atoms with Crippen LogP contribution in [0, 0.1) is 18.3 Å². The number of nitriles is 1. The lowest BCUT2D eigenvalue weighted by molar-refractivity contribution is 0.415. The second kappa shape index (κ2) is 10.8. The van der Waals surface area contributed by atoms with E-state index in [2.05, 4.69) is 31.5 Å². The molecule has 0 fully saturated rings. The standard InChI is InChI=1S/C26H19N7O8S2/c1-14-17(13-27)25-28-18-5-3-4-6-21(18)33(25)26(34)24(14)32-31-20-11-22(41-2)19(12-23(20)43(38,39)40)30-29-15-7-9-16(10-8-15)42(35,36)37/h3-12,28H,1-2H3,(H,35,36,37)(H,38,39,40). The van der Waals surface area contributed by atoms with E-state index in [1.807, 2.05) is 0 Å². The van der Waals surface area contributed by atoms with Crippen molar-refractivity contribution in [1.29, 1.82) is 5.26 Å². The van der Waals surface area contributed by atoms with Gasteiger partial charge in [0.25, 0.3) is 25.8 Å². The van der Waals surface area contributed by atoms with Crippen molar-refractivity contribution in [3.05, 3.63) is 82.1 Å². The molecule has 17 heteroatoms. The van der Waals surface area contributed by atoms with Crippen LogP contribution in [-0.4, -0.2) is 42.4 Å². The van der Waals surface area contributed by atoms with Crippen molar-refractivity contribution in [2.24, 2.45) is 20.5 Å². The van der Waals surface area contributed by atoms with Gasteiger partial charge in [0.1, 0.15) is 33.7 Å². The number of fused-ring (bicyclic) bond motifs is 3. The van der Waals surface area contributed by atoms with Crippen LogP contribution in [0.4, 0.5) is 22.7 Å². The summed E-state index contributed by atoms with van der Waals surface area (Å²) in [5, 5.41) is 25.6. The van der Waals surface area contributed by atoms with Crippen molar-refractivity contribution in [1.82, 2.24) is 9.38 Å². The van der Waals surface area contributed by atoms with Crippen molar-refractivity contribution >= 4 is 59.7 Å². The lowest BCUT2D eigenvalue weighted by atomic mass is 10.1. The summed E-state index contributed by atoms with van der Waals surface area (Å²) in [5.41, 5.74) is 0.366. The molecule has 0 aliphatic carbocycles. The van der Waals surface area contributed by atoms with Gasteiger partial charge in [-0.05, 0) is 49.4 Å². The molecule has 218 valence electrons. The third-order valence-corrected chi connectivity index (χ3v) is 8.06. The second-order valence-corrected chi connectivity index (χ2v) is 11.7. The maximum absolute atomic E-state index is 13.5. The number of hydrogen-bond donors (Lipinski definition) is 3. The van der Waals surface area contributed by atoms with Crippen LogP contribution in [-0.2, 0) is 20.2 Å². The number of nitrogens with zero attached hydrogens (tertiary/aromatic N) is 6. The number of aromatic amines is 1. The number of nitrogens with one attached hydrogen (secondary N) is 1. The van der Waals surface area contributed by atoms with E-state index < -0.39 is 36.4 Å². The highest BCUT2D eigenvalue weighted by atomic mass is 32.2. The van der Waals surface area contributed by atoms with Gasteiger partial charge >= 0.3 is 0 Å². The summed E-state index contributed by atoms with van der Waals surface area (Å²) in [7, 11) is -8.09. The van der Waals surface area contributed by atoms with E-state index in [9.17, 15) is 31.4 Å². The number of hydrogen-bond acceptors (Lipinski definition) is 11. The first-order valence-corrected chi connectivity index (χ1v) is 14.9. The molecule has 0 atom stereocenters. The molecule has 0 bridgehead atoms. The SMILES string of the molecule is COc1cc(N=Nc2c(C)c(C#N)c3[nH]c4ccccc4n3c2=O)c(S(=O)(=O)O)cc1N=Nc1ccc(S(=O)(=O)O)cc1. The lowest BCUT2D eigenvalue weighted by Crippen LogP contribution is -2.14. The zero-order chi connectivity index (χ0) is 31.1. The minimum atomic E-state index is -4.92. The van der Waals surface area contributed by atoms with Gasteiger partial charge in [0.15, 0.2) is 5.69 Å². The van der Waals surface area contributed by atoms with Crippen LogP contribution < -0.4 is 10.3 Å². The van der Waals surface area contributed by atoms with Gasteiger partial charge in [0.2, 0.25) is 0 Å². The third-order valence-electron chi connectivity index (χ3n) is 6.31. The number of para-hydroxylation sites is 2. The summed E-state index contributed by atoms with van der Waals surface area (Å²) in [5.74, 6) is -0.0436. The van der Waals surface area contributed by atoms with Gasteiger partial charge in [0.05, 0.1) is 34.3 Å². The van der Waals surface area contributed by atoms with E-state index in [-0.39, 0.29) is 44.5 Å². The maximum atomic E-state index is 13.5. The minimum absolute atomic E-state index is 0.0436. The van der Waals surface area contributed by atoms with Crippen LogP contribution in [0.2, 0.25) is 0 Å². The first kappa shape index (κ1) is 29.2. The molecular weight excluding hydrogens is 602 g/mol. The maximum Gasteiger partial charge on any atom is 0.296 e. The van der Waals surface area contributed by atoms with Crippen LogP contribution in [0.15, 0.2) is 95.7 Å². The average molecular weight is 622 g/mol. The minimum Gasteiger partial charge on any atom is -0.494 e. The van der Waals surface area contributed by atoms with Gasteiger partial charge < -0.3 is 9.72 Å². The van der Waals surface area contributed by atoms with Crippen LogP contribution in [0.1, 0.15) is 11.1 Å². The number of azo groups is 2. The number of benzene rings is 3. The number of methoxy groups -OCH3 is 1. The molecule has 0 aliphatic heterocycles. The number of H-pyrrole nitrogens is 1. The molecule has 2 aromatic heterocycles. The summed E-state index contributed by atoms with van der Waals surface area (Å²) >= 11 is 0. The van der Waals surface area contributed by atoms with E-state index >= 15 is 0 Å². The average Bonchev–Trinajstić information content (AvgIpc) is 3.35. The number of imidazole rings is 1. The molecule has 0 amide bonds. The summed E-state index contributed by atoms with van der Waals surface area (Å²) < 4.78 is 72.6. The van der Waals surface area contributed by atoms with Gasteiger partial charge in [-0.2, -0.15) is 27.2 Å². The Kier molecular flexibility index (Phi) is 7.37. The van der Waals surface area contributed by atoms with Gasteiger partial charge in [0, 0.05) is 11.6 Å². The van der Waals surface area contributed by atoms with Crippen LogP contribution in [0.25, 0.3) is 16.7 Å². The van der Waals surface area contributed by atoms with Crippen LogP contribution in [0.3, 0.4) is 0 Å². The highest BCUT2D eigenvalue weighted by molar-refractivity contribution is 7.86. The quantitative estimate of drug-likeness (QED) is 0.158. The third kappa shape index (κ3) is 5.50.